The van der Waals surface area contributed by atoms with Crippen LogP contribution >= 0.6 is 0 Å². The van der Waals surface area contributed by atoms with Gasteiger partial charge in [-0.2, -0.15) is 0 Å². The summed E-state index contributed by atoms with van der Waals surface area (Å²) in [5.41, 5.74) is 0. The molecule has 116 valence electrons. The second-order valence-electron chi connectivity index (χ2n) is 7.10. The van der Waals surface area contributed by atoms with Crippen LogP contribution in [0.5, 0.6) is 0 Å². The van der Waals surface area contributed by atoms with Gasteiger partial charge in [-0.15, -0.1) is 0 Å². The molecule has 0 bridgehead atoms. The van der Waals surface area contributed by atoms with Crippen molar-refractivity contribution in [2.45, 2.75) is 76.5 Å². The van der Waals surface area contributed by atoms with Crippen molar-refractivity contribution >= 4 is 0 Å². The summed E-state index contributed by atoms with van der Waals surface area (Å²) in [6.45, 7) is 7.06. The van der Waals surface area contributed by atoms with Gasteiger partial charge in [-0.1, -0.05) is 19.3 Å². The zero-order valence-corrected chi connectivity index (χ0v) is 13.2. The van der Waals surface area contributed by atoms with Gasteiger partial charge in [-0.3, -0.25) is 4.90 Å². The van der Waals surface area contributed by atoms with Crippen LogP contribution in [-0.2, 0) is 4.74 Å². The molecule has 0 aromatic rings. The third-order valence-electron chi connectivity index (χ3n) is 5.76. The summed E-state index contributed by atoms with van der Waals surface area (Å²) in [5.74, 6) is 0.918. The summed E-state index contributed by atoms with van der Waals surface area (Å²) in [7, 11) is 0. The molecule has 3 heteroatoms. The summed E-state index contributed by atoms with van der Waals surface area (Å²) in [5, 5.41) is 3.84. The maximum absolute atomic E-state index is 5.93. The van der Waals surface area contributed by atoms with Crippen molar-refractivity contribution in [2.24, 2.45) is 5.92 Å². The molecule has 0 amide bonds. The van der Waals surface area contributed by atoms with E-state index in [1.165, 1.54) is 71.0 Å². The smallest absolute Gasteiger partial charge is 0.0728 e. The minimum absolute atomic E-state index is 0.486. The Balaban J connectivity index is 1.58. The topological polar surface area (TPSA) is 24.5 Å². The van der Waals surface area contributed by atoms with E-state index in [1.807, 2.05) is 0 Å². The fourth-order valence-corrected chi connectivity index (χ4v) is 4.42. The highest BCUT2D eigenvalue weighted by Crippen LogP contribution is 2.29. The maximum Gasteiger partial charge on any atom is 0.0728 e. The van der Waals surface area contributed by atoms with Crippen LogP contribution in [0.1, 0.15) is 58.3 Å². The molecule has 3 aliphatic rings. The van der Waals surface area contributed by atoms with E-state index in [0.717, 1.165) is 18.6 Å². The minimum atomic E-state index is 0.486. The molecule has 2 aliphatic heterocycles. The summed E-state index contributed by atoms with van der Waals surface area (Å²) in [4.78, 5) is 2.72. The van der Waals surface area contributed by atoms with E-state index >= 15 is 0 Å². The minimum Gasteiger partial charge on any atom is -0.377 e. The molecule has 3 nitrogen and oxygen atoms in total. The van der Waals surface area contributed by atoms with Crippen molar-refractivity contribution in [2.75, 3.05) is 26.2 Å². The molecule has 0 spiro atoms. The van der Waals surface area contributed by atoms with Crippen LogP contribution in [-0.4, -0.2) is 49.3 Å². The van der Waals surface area contributed by atoms with Gasteiger partial charge in [0.25, 0.3) is 0 Å². The number of nitrogens with one attached hydrogen (secondary N) is 1. The van der Waals surface area contributed by atoms with E-state index in [-0.39, 0.29) is 0 Å². The van der Waals surface area contributed by atoms with E-state index < -0.39 is 0 Å². The predicted octanol–water partition coefficient (Wildman–Crippen LogP) is 2.80. The summed E-state index contributed by atoms with van der Waals surface area (Å²) < 4.78 is 5.93. The third-order valence-corrected chi connectivity index (χ3v) is 5.76. The Bertz CT molecular complexity index is 285. The Labute approximate surface area is 124 Å². The normalized spacial score (nSPS) is 35.9. The molecule has 1 N–H and O–H groups in total. The van der Waals surface area contributed by atoms with Crippen molar-refractivity contribution in [1.29, 1.82) is 0 Å². The molecule has 3 rings (SSSR count). The van der Waals surface area contributed by atoms with Crippen LogP contribution in [0.25, 0.3) is 0 Å². The van der Waals surface area contributed by atoms with E-state index in [9.17, 15) is 0 Å². The van der Waals surface area contributed by atoms with E-state index in [4.69, 9.17) is 4.74 Å². The van der Waals surface area contributed by atoms with Gasteiger partial charge in [0.15, 0.2) is 0 Å². The maximum atomic E-state index is 5.93. The molecule has 20 heavy (non-hydrogen) atoms. The van der Waals surface area contributed by atoms with Gasteiger partial charge in [-0.25, -0.2) is 0 Å². The fourth-order valence-electron chi connectivity index (χ4n) is 4.42. The quantitative estimate of drug-likeness (QED) is 0.860. The lowest BCUT2D eigenvalue weighted by Crippen LogP contribution is -2.49. The van der Waals surface area contributed by atoms with Gasteiger partial charge in [-0.05, 0) is 58.0 Å². The van der Waals surface area contributed by atoms with Crippen LogP contribution in [0.4, 0.5) is 0 Å². The largest absolute Gasteiger partial charge is 0.377 e. The van der Waals surface area contributed by atoms with Crippen LogP contribution in [0.3, 0.4) is 0 Å². The van der Waals surface area contributed by atoms with Crippen molar-refractivity contribution in [3.05, 3.63) is 0 Å². The van der Waals surface area contributed by atoms with Crippen molar-refractivity contribution < 1.29 is 4.74 Å². The molecule has 3 unspecified atom stereocenters. The Morgan fingerprint density at radius 3 is 2.65 bits per heavy atom. The molecule has 3 atom stereocenters. The Kier molecular flexibility index (Phi) is 5.36. The van der Waals surface area contributed by atoms with Crippen LogP contribution in [0.2, 0.25) is 0 Å². The number of hydrogen-bond donors (Lipinski definition) is 1. The zero-order chi connectivity index (χ0) is 13.8. The van der Waals surface area contributed by atoms with Gasteiger partial charge in [0.1, 0.15) is 0 Å². The lowest BCUT2D eigenvalue weighted by molar-refractivity contribution is 0.0275. The van der Waals surface area contributed by atoms with Crippen LogP contribution in [0, 0.1) is 5.92 Å². The van der Waals surface area contributed by atoms with Crippen LogP contribution < -0.4 is 5.32 Å². The molecular weight excluding hydrogens is 248 g/mol. The first-order valence-electron chi connectivity index (χ1n) is 8.93. The van der Waals surface area contributed by atoms with Crippen molar-refractivity contribution in [3.8, 4) is 0 Å². The fraction of sp³-hybridized carbons (Fsp3) is 1.00. The predicted molar refractivity (Wildman–Crippen MR) is 83.0 cm³/mol. The highest BCUT2D eigenvalue weighted by Gasteiger charge is 2.32. The van der Waals surface area contributed by atoms with Crippen LogP contribution in [0.15, 0.2) is 0 Å². The van der Waals surface area contributed by atoms with Crippen molar-refractivity contribution in [1.82, 2.24) is 10.2 Å². The van der Waals surface area contributed by atoms with Crippen molar-refractivity contribution in [3.63, 3.8) is 0 Å². The molecule has 2 heterocycles. The van der Waals surface area contributed by atoms with Gasteiger partial charge >= 0.3 is 0 Å². The number of hydrogen-bond acceptors (Lipinski definition) is 3. The third kappa shape index (κ3) is 3.55. The zero-order valence-electron chi connectivity index (χ0n) is 13.2. The molecular formula is C17H32N2O. The summed E-state index contributed by atoms with van der Waals surface area (Å²) in [6.07, 6.45) is 11.5. The number of nitrogens with zero attached hydrogens (tertiary/aromatic N) is 1. The molecule has 0 radical (unpaired) electrons. The first-order valence-corrected chi connectivity index (χ1v) is 8.93. The summed E-state index contributed by atoms with van der Waals surface area (Å²) >= 11 is 0. The van der Waals surface area contributed by atoms with Gasteiger partial charge in [0.2, 0.25) is 0 Å². The highest BCUT2D eigenvalue weighted by atomic mass is 16.5. The van der Waals surface area contributed by atoms with Gasteiger partial charge in [0, 0.05) is 25.2 Å². The average Bonchev–Trinajstić information content (AvgIpc) is 2.92. The number of ether oxygens (including phenoxy) is 1. The second kappa shape index (κ2) is 7.24. The van der Waals surface area contributed by atoms with E-state index in [0.29, 0.717) is 12.1 Å². The first kappa shape index (κ1) is 14.8. The second-order valence-corrected chi connectivity index (χ2v) is 7.10. The highest BCUT2D eigenvalue weighted by molar-refractivity contribution is 4.88. The lowest BCUT2D eigenvalue weighted by Gasteiger charge is -2.36. The molecule has 0 aromatic carbocycles. The Morgan fingerprint density at radius 2 is 1.90 bits per heavy atom. The molecule has 1 saturated carbocycles. The van der Waals surface area contributed by atoms with Gasteiger partial charge < -0.3 is 10.1 Å². The lowest BCUT2D eigenvalue weighted by atomic mass is 9.83. The average molecular weight is 280 g/mol. The van der Waals surface area contributed by atoms with E-state index in [2.05, 4.69) is 17.1 Å². The summed E-state index contributed by atoms with van der Waals surface area (Å²) in [6, 6.07) is 1.32. The first-order chi connectivity index (χ1) is 9.84. The van der Waals surface area contributed by atoms with E-state index in [1.54, 1.807) is 0 Å². The SMILES string of the molecule is CC(C1CCCO1)N1CCCNC(C2CCCCC2)C1. The molecule has 1 aliphatic carbocycles. The van der Waals surface area contributed by atoms with Gasteiger partial charge in [0.05, 0.1) is 6.10 Å². The monoisotopic (exact) mass is 280 g/mol. The molecule has 0 aromatic heterocycles. The standard InChI is InChI=1S/C17H32N2O/c1-14(17-9-5-12-20-17)19-11-6-10-18-16(13-19)15-7-3-2-4-8-15/h14-18H,2-13H2,1H3. The Morgan fingerprint density at radius 1 is 1.05 bits per heavy atom. The molecule has 2 saturated heterocycles. The molecule has 3 fully saturated rings. The number of rotatable bonds is 3. The Hall–Kier alpha value is -0.120.